The van der Waals surface area contributed by atoms with Gasteiger partial charge in [0.25, 0.3) is 10.0 Å². The molecule has 0 radical (unpaired) electrons. The summed E-state index contributed by atoms with van der Waals surface area (Å²) in [7, 11) is -3.77. The highest BCUT2D eigenvalue weighted by Gasteiger charge is 2.26. The number of halogens is 2. The molecule has 0 bridgehead atoms. The lowest BCUT2D eigenvalue weighted by Crippen LogP contribution is -2.50. The largest absolute Gasteiger partial charge is 0.350 e. The first-order valence-corrected chi connectivity index (χ1v) is 9.18. The molecule has 1 rings (SSSR count). The number of rotatable bonds is 4. The maximum Gasteiger partial charge on any atom is 0.250 e. The summed E-state index contributed by atoms with van der Waals surface area (Å²) in [5, 5.41) is 3.03. The third kappa shape index (κ3) is 5.00. The fraction of sp³-hybridized carbons (Fsp3) is 0.545. The van der Waals surface area contributed by atoms with Crippen LogP contribution < -0.4 is 10.0 Å². The van der Waals surface area contributed by atoms with Gasteiger partial charge in [-0.2, -0.15) is 4.72 Å². The van der Waals surface area contributed by atoms with Crippen molar-refractivity contribution in [2.75, 3.05) is 0 Å². The monoisotopic (exact) mass is 402 g/mol. The smallest absolute Gasteiger partial charge is 0.250 e. The first-order chi connectivity index (χ1) is 8.92. The van der Waals surface area contributed by atoms with Crippen molar-refractivity contribution in [2.24, 2.45) is 0 Å². The standard InChI is InChI=1S/C11H16BrClN2O3S2/c1-6(10(16)14-11(2,3)4)15-20(17,18)8-5-7(13)9(12)19-8/h5-6,15H,1-4H3,(H,14,16). The highest BCUT2D eigenvalue weighted by atomic mass is 79.9. The van der Waals surface area contributed by atoms with Gasteiger partial charge in [0.1, 0.15) is 4.21 Å². The van der Waals surface area contributed by atoms with E-state index in [1.165, 1.54) is 13.0 Å². The minimum Gasteiger partial charge on any atom is -0.350 e. The molecule has 1 aromatic rings. The molecule has 0 saturated heterocycles. The van der Waals surface area contributed by atoms with Crippen molar-refractivity contribution in [1.82, 2.24) is 10.0 Å². The van der Waals surface area contributed by atoms with Gasteiger partial charge in [-0.3, -0.25) is 4.79 Å². The van der Waals surface area contributed by atoms with Crippen LogP contribution in [-0.4, -0.2) is 25.9 Å². The van der Waals surface area contributed by atoms with Crippen LogP contribution in [0.2, 0.25) is 5.02 Å². The lowest BCUT2D eigenvalue weighted by molar-refractivity contribution is -0.123. The van der Waals surface area contributed by atoms with Gasteiger partial charge in [0.15, 0.2) is 0 Å². The number of nitrogens with one attached hydrogen (secondary N) is 2. The van der Waals surface area contributed by atoms with E-state index in [1.54, 1.807) is 0 Å². The van der Waals surface area contributed by atoms with Crippen LogP contribution in [0.5, 0.6) is 0 Å². The number of hydrogen-bond donors (Lipinski definition) is 2. The Morgan fingerprint density at radius 3 is 2.40 bits per heavy atom. The van der Waals surface area contributed by atoms with Gasteiger partial charge in [-0.1, -0.05) is 11.6 Å². The number of hydrogen-bond acceptors (Lipinski definition) is 4. The van der Waals surface area contributed by atoms with Crippen LogP contribution in [-0.2, 0) is 14.8 Å². The van der Waals surface area contributed by atoms with Crippen molar-refractivity contribution >= 4 is 54.8 Å². The van der Waals surface area contributed by atoms with E-state index in [0.717, 1.165) is 11.3 Å². The normalized spacial score (nSPS) is 14.1. The van der Waals surface area contributed by atoms with Crippen molar-refractivity contribution < 1.29 is 13.2 Å². The zero-order chi connectivity index (χ0) is 15.7. The van der Waals surface area contributed by atoms with Crippen molar-refractivity contribution in [3.05, 3.63) is 14.9 Å². The molecule has 1 unspecified atom stereocenters. The van der Waals surface area contributed by atoms with Crippen molar-refractivity contribution in [2.45, 2.75) is 43.5 Å². The van der Waals surface area contributed by atoms with Gasteiger partial charge in [0, 0.05) is 5.54 Å². The molecule has 1 heterocycles. The third-order valence-electron chi connectivity index (χ3n) is 2.11. The second kappa shape index (κ2) is 6.31. The summed E-state index contributed by atoms with van der Waals surface area (Å²) in [5.41, 5.74) is -0.425. The zero-order valence-electron chi connectivity index (χ0n) is 11.5. The second-order valence-corrected chi connectivity index (χ2v) is 9.99. The molecule has 2 N–H and O–H groups in total. The molecule has 0 aromatic carbocycles. The fourth-order valence-electron chi connectivity index (χ4n) is 1.28. The Morgan fingerprint density at radius 2 is 2.00 bits per heavy atom. The summed E-state index contributed by atoms with van der Waals surface area (Å²) in [6.45, 7) is 6.95. The first kappa shape index (κ1) is 17.9. The van der Waals surface area contributed by atoms with E-state index in [-0.39, 0.29) is 10.1 Å². The summed E-state index contributed by atoms with van der Waals surface area (Å²) in [5.74, 6) is -0.386. The summed E-state index contributed by atoms with van der Waals surface area (Å²) in [6.07, 6.45) is 0. The van der Waals surface area contributed by atoms with Crippen LogP contribution in [0.1, 0.15) is 27.7 Å². The molecule has 0 aliphatic carbocycles. The zero-order valence-corrected chi connectivity index (χ0v) is 15.4. The minimum atomic E-state index is -3.77. The van der Waals surface area contributed by atoms with Gasteiger partial charge in [-0.25, -0.2) is 8.42 Å². The van der Waals surface area contributed by atoms with Gasteiger partial charge < -0.3 is 5.32 Å². The molecular formula is C11H16BrClN2O3S2. The Labute approximate surface area is 136 Å². The van der Waals surface area contributed by atoms with Crippen molar-refractivity contribution in [1.29, 1.82) is 0 Å². The minimum absolute atomic E-state index is 0.0600. The Bertz CT molecular complexity index is 588. The number of amides is 1. The van der Waals surface area contributed by atoms with E-state index in [4.69, 9.17) is 11.6 Å². The van der Waals surface area contributed by atoms with Gasteiger partial charge in [0.2, 0.25) is 5.91 Å². The van der Waals surface area contributed by atoms with E-state index in [2.05, 4.69) is 26.0 Å². The number of carbonyl (C=O) groups excluding carboxylic acids is 1. The molecule has 0 spiro atoms. The average Bonchev–Trinajstić information content (AvgIpc) is 2.57. The molecule has 1 aromatic heterocycles. The van der Waals surface area contributed by atoms with Gasteiger partial charge >= 0.3 is 0 Å². The van der Waals surface area contributed by atoms with Gasteiger partial charge in [-0.05, 0) is 49.7 Å². The summed E-state index contributed by atoms with van der Waals surface area (Å²) in [6, 6.07) is 0.464. The lowest BCUT2D eigenvalue weighted by Gasteiger charge is -2.23. The SMILES string of the molecule is CC(NS(=O)(=O)c1cc(Cl)c(Br)s1)C(=O)NC(C)(C)C. The Kier molecular flexibility index (Phi) is 5.65. The molecule has 0 aliphatic heterocycles. The maximum absolute atomic E-state index is 12.1. The fourth-order valence-corrected chi connectivity index (χ4v) is 4.90. The van der Waals surface area contributed by atoms with Crippen LogP contribution in [0, 0.1) is 0 Å². The highest BCUT2D eigenvalue weighted by molar-refractivity contribution is 9.11. The first-order valence-electron chi connectivity index (χ1n) is 5.71. The van der Waals surface area contributed by atoms with E-state index >= 15 is 0 Å². The molecule has 114 valence electrons. The number of carbonyl (C=O) groups is 1. The van der Waals surface area contributed by atoms with E-state index < -0.39 is 21.6 Å². The summed E-state index contributed by atoms with van der Waals surface area (Å²) >= 11 is 9.96. The Balaban J connectivity index is 2.83. The molecule has 20 heavy (non-hydrogen) atoms. The Hall–Kier alpha value is -0.150. The predicted octanol–water partition coefficient (Wildman–Crippen LogP) is 2.75. The topological polar surface area (TPSA) is 75.3 Å². The van der Waals surface area contributed by atoms with Gasteiger partial charge in [-0.15, -0.1) is 11.3 Å². The summed E-state index contributed by atoms with van der Waals surface area (Å²) in [4.78, 5) is 11.9. The van der Waals surface area contributed by atoms with Crippen LogP contribution in [0.3, 0.4) is 0 Å². The molecule has 1 amide bonds. The number of sulfonamides is 1. The molecular weight excluding hydrogens is 388 g/mol. The molecule has 1 atom stereocenters. The van der Waals surface area contributed by atoms with Crippen molar-refractivity contribution in [3.8, 4) is 0 Å². The van der Waals surface area contributed by atoms with E-state index in [0.29, 0.717) is 8.81 Å². The molecule has 0 saturated carbocycles. The molecule has 5 nitrogen and oxygen atoms in total. The lowest BCUT2D eigenvalue weighted by atomic mass is 10.1. The summed E-state index contributed by atoms with van der Waals surface area (Å²) < 4.78 is 27.2. The van der Waals surface area contributed by atoms with E-state index in [1.807, 2.05) is 20.8 Å². The molecule has 9 heteroatoms. The predicted molar refractivity (Wildman–Crippen MR) is 84.7 cm³/mol. The van der Waals surface area contributed by atoms with Gasteiger partial charge in [0.05, 0.1) is 14.9 Å². The third-order valence-corrected chi connectivity index (χ3v) is 6.60. The molecule has 0 aliphatic rings. The van der Waals surface area contributed by atoms with Crippen LogP contribution in [0.15, 0.2) is 14.1 Å². The van der Waals surface area contributed by atoms with E-state index in [9.17, 15) is 13.2 Å². The highest BCUT2D eigenvalue weighted by Crippen LogP contribution is 2.34. The maximum atomic E-state index is 12.1. The van der Waals surface area contributed by atoms with Crippen LogP contribution >= 0.6 is 38.9 Å². The van der Waals surface area contributed by atoms with Crippen LogP contribution in [0.4, 0.5) is 0 Å². The molecule has 0 fully saturated rings. The Morgan fingerprint density at radius 1 is 1.45 bits per heavy atom. The quantitative estimate of drug-likeness (QED) is 0.811. The van der Waals surface area contributed by atoms with Crippen LogP contribution in [0.25, 0.3) is 0 Å². The van der Waals surface area contributed by atoms with Crippen molar-refractivity contribution in [3.63, 3.8) is 0 Å². The second-order valence-electron chi connectivity index (χ2n) is 5.27. The number of thiophene rings is 1. The average molecular weight is 404 g/mol.